The van der Waals surface area contributed by atoms with Crippen molar-refractivity contribution in [3.05, 3.63) is 34.2 Å². The molecule has 14 heavy (non-hydrogen) atoms. The molecule has 1 heterocycles. The first-order chi connectivity index (χ1) is 6.63. The van der Waals surface area contributed by atoms with Gasteiger partial charge in [0.05, 0.1) is 0 Å². The topological polar surface area (TPSA) is 62.0 Å². The summed E-state index contributed by atoms with van der Waals surface area (Å²) in [5.74, 6) is -0.239. The molecule has 0 saturated carbocycles. The third-order valence-electron chi connectivity index (χ3n) is 2.01. The zero-order valence-corrected chi connectivity index (χ0v) is 8.33. The minimum Gasteiger partial charge on any atom is -0.357 e. The van der Waals surface area contributed by atoms with Gasteiger partial charge in [-0.2, -0.15) is 0 Å². The number of aromatic amines is 1. The van der Waals surface area contributed by atoms with Crippen molar-refractivity contribution >= 4 is 5.91 Å². The van der Waals surface area contributed by atoms with Crippen molar-refractivity contribution < 1.29 is 4.79 Å². The van der Waals surface area contributed by atoms with Crippen LogP contribution >= 0.6 is 0 Å². The number of carbonyl (C=O) groups excluding carboxylic acids is 1. The summed E-state index contributed by atoms with van der Waals surface area (Å²) in [4.78, 5) is 25.2. The predicted molar refractivity (Wildman–Crippen MR) is 54.3 cm³/mol. The molecule has 0 fully saturated rings. The molecule has 4 heteroatoms. The van der Waals surface area contributed by atoms with Gasteiger partial charge in [-0.3, -0.25) is 9.59 Å². The molecule has 1 unspecified atom stereocenters. The number of aromatic nitrogens is 1. The number of hydrogen-bond acceptors (Lipinski definition) is 2. The van der Waals surface area contributed by atoms with Crippen LogP contribution < -0.4 is 10.7 Å². The van der Waals surface area contributed by atoms with Gasteiger partial charge >= 0.3 is 0 Å². The van der Waals surface area contributed by atoms with Crippen molar-refractivity contribution in [1.29, 1.82) is 0 Å². The molecule has 1 aromatic heterocycles. The summed E-state index contributed by atoms with van der Waals surface area (Å²) in [5.41, 5.74) is 0.135. The molecular formula is C10H14N2O2. The first kappa shape index (κ1) is 10.5. The Hall–Kier alpha value is -1.58. The van der Waals surface area contributed by atoms with E-state index in [1.54, 1.807) is 0 Å². The maximum atomic E-state index is 11.5. The molecule has 0 spiro atoms. The molecule has 0 radical (unpaired) electrons. The van der Waals surface area contributed by atoms with Crippen LogP contribution in [0.3, 0.4) is 0 Å². The van der Waals surface area contributed by atoms with Gasteiger partial charge in [0, 0.05) is 24.4 Å². The highest BCUT2D eigenvalue weighted by Gasteiger charge is 2.08. The number of H-pyrrole nitrogens is 1. The van der Waals surface area contributed by atoms with E-state index < -0.39 is 0 Å². The van der Waals surface area contributed by atoms with E-state index in [2.05, 4.69) is 10.3 Å². The average molecular weight is 194 g/mol. The monoisotopic (exact) mass is 194 g/mol. The van der Waals surface area contributed by atoms with Crippen LogP contribution in [0, 0.1) is 0 Å². The van der Waals surface area contributed by atoms with Crippen LogP contribution in [0.1, 0.15) is 30.8 Å². The van der Waals surface area contributed by atoms with Gasteiger partial charge in [-0.1, -0.05) is 6.92 Å². The molecular weight excluding hydrogens is 180 g/mol. The second-order valence-electron chi connectivity index (χ2n) is 3.22. The highest BCUT2D eigenvalue weighted by Crippen LogP contribution is 1.93. The van der Waals surface area contributed by atoms with Crippen molar-refractivity contribution in [2.24, 2.45) is 0 Å². The summed E-state index contributed by atoms with van der Waals surface area (Å²) in [5, 5.41) is 2.76. The third kappa shape index (κ3) is 2.73. The van der Waals surface area contributed by atoms with E-state index in [1.807, 2.05) is 13.8 Å². The predicted octanol–water partition coefficient (Wildman–Crippen LogP) is 0.903. The molecule has 0 aliphatic heterocycles. The van der Waals surface area contributed by atoms with Gasteiger partial charge in [-0.25, -0.2) is 0 Å². The molecule has 0 aliphatic rings. The Labute approximate surface area is 82.3 Å². The Morgan fingerprint density at radius 3 is 2.93 bits per heavy atom. The highest BCUT2D eigenvalue weighted by molar-refractivity contribution is 5.92. The second kappa shape index (κ2) is 4.60. The highest BCUT2D eigenvalue weighted by atomic mass is 16.2. The van der Waals surface area contributed by atoms with E-state index in [1.165, 1.54) is 18.3 Å². The molecule has 2 N–H and O–H groups in total. The Bertz CT molecular complexity index is 370. The minimum atomic E-state index is -0.239. The van der Waals surface area contributed by atoms with Crippen molar-refractivity contribution in [1.82, 2.24) is 10.3 Å². The fraction of sp³-hybridized carbons (Fsp3) is 0.400. The molecule has 0 aromatic carbocycles. The Morgan fingerprint density at radius 1 is 1.64 bits per heavy atom. The van der Waals surface area contributed by atoms with Crippen LogP contribution in [0.25, 0.3) is 0 Å². The molecule has 1 rings (SSSR count). The summed E-state index contributed by atoms with van der Waals surface area (Å²) < 4.78 is 0. The molecule has 4 nitrogen and oxygen atoms in total. The standard InChI is InChI=1S/C10H14N2O2/c1-3-7(2)12-10(14)9-6-8(13)4-5-11-9/h4-7H,3H2,1-2H3,(H,11,13)(H,12,14). The lowest BCUT2D eigenvalue weighted by molar-refractivity contribution is 0.0934. The van der Waals surface area contributed by atoms with E-state index in [-0.39, 0.29) is 17.4 Å². The molecule has 0 saturated heterocycles. The van der Waals surface area contributed by atoms with Gasteiger partial charge in [-0.05, 0) is 13.3 Å². The maximum absolute atomic E-state index is 11.5. The lowest BCUT2D eigenvalue weighted by Crippen LogP contribution is -2.32. The summed E-state index contributed by atoms with van der Waals surface area (Å²) in [6.45, 7) is 3.90. The van der Waals surface area contributed by atoms with Crippen LogP contribution in [-0.2, 0) is 0 Å². The molecule has 0 aliphatic carbocycles. The third-order valence-corrected chi connectivity index (χ3v) is 2.01. The number of pyridine rings is 1. The first-order valence-corrected chi connectivity index (χ1v) is 4.63. The fourth-order valence-corrected chi connectivity index (χ4v) is 0.980. The zero-order valence-electron chi connectivity index (χ0n) is 8.33. The van der Waals surface area contributed by atoms with Crippen LogP contribution in [0.2, 0.25) is 0 Å². The molecule has 1 atom stereocenters. The maximum Gasteiger partial charge on any atom is 0.268 e. The van der Waals surface area contributed by atoms with E-state index >= 15 is 0 Å². The van der Waals surface area contributed by atoms with Crippen LogP contribution in [0.5, 0.6) is 0 Å². The number of rotatable bonds is 3. The van der Waals surface area contributed by atoms with Gasteiger partial charge in [0.1, 0.15) is 5.69 Å². The summed E-state index contributed by atoms with van der Waals surface area (Å²) in [7, 11) is 0. The minimum absolute atomic E-state index is 0.117. The fourth-order valence-electron chi connectivity index (χ4n) is 0.980. The Kier molecular flexibility index (Phi) is 3.45. The van der Waals surface area contributed by atoms with Crippen LogP contribution in [0.4, 0.5) is 0 Å². The van der Waals surface area contributed by atoms with Crippen LogP contribution in [0.15, 0.2) is 23.1 Å². The largest absolute Gasteiger partial charge is 0.357 e. The van der Waals surface area contributed by atoms with Crippen molar-refractivity contribution in [3.8, 4) is 0 Å². The Morgan fingerprint density at radius 2 is 2.36 bits per heavy atom. The number of nitrogens with one attached hydrogen (secondary N) is 2. The van der Waals surface area contributed by atoms with Gasteiger partial charge in [0.15, 0.2) is 5.43 Å². The molecule has 76 valence electrons. The normalized spacial score (nSPS) is 12.1. The average Bonchev–Trinajstić information content (AvgIpc) is 2.17. The second-order valence-corrected chi connectivity index (χ2v) is 3.22. The molecule has 1 aromatic rings. The molecule has 1 amide bonds. The van der Waals surface area contributed by atoms with E-state index in [9.17, 15) is 9.59 Å². The summed E-state index contributed by atoms with van der Waals surface area (Å²) in [6.07, 6.45) is 2.33. The lowest BCUT2D eigenvalue weighted by atomic mass is 10.2. The number of hydrogen-bond donors (Lipinski definition) is 2. The molecule has 0 bridgehead atoms. The van der Waals surface area contributed by atoms with Gasteiger partial charge < -0.3 is 10.3 Å². The van der Waals surface area contributed by atoms with Gasteiger partial charge in [0.2, 0.25) is 0 Å². The van der Waals surface area contributed by atoms with E-state index in [0.29, 0.717) is 5.69 Å². The van der Waals surface area contributed by atoms with Gasteiger partial charge in [0.25, 0.3) is 5.91 Å². The van der Waals surface area contributed by atoms with Crippen LogP contribution in [-0.4, -0.2) is 16.9 Å². The quantitative estimate of drug-likeness (QED) is 0.751. The van der Waals surface area contributed by atoms with Crippen molar-refractivity contribution in [2.45, 2.75) is 26.3 Å². The van der Waals surface area contributed by atoms with Crippen molar-refractivity contribution in [3.63, 3.8) is 0 Å². The van der Waals surface area contributed by atoms with Crippen molar-refractivity contribution in [2.75, 3.05) is 0 Å². The number of carbonyl (C=O) groups is 1. The van der Waals surface area contributed by atoms with E-state index in [0.717, 1.165) is 6.42 Å². The smallest absolute Gasteiger partial charge is 0.268 e. The Balaban J connectivity index is 2.75. The van der Waals surface area contributed by atoms with Gasteiger partial charge in [-0.15, -0.1) is 0 Å². The lowest BCUT2D eigenvalue weighted by Gasteiger charge is -2.10. The summed E-state index contributed by atoms with van der Waals surface area (Å²) >= 11 is 0. The number of amides is 1. The first-order valence-electron chi connectivity index (χ1n) is 4.63. The van der Waals surface area contributed by atoms with E-state index in [4.69, 9.17) is 0 Å². The zero-order chi connectivity index (χ0) is 10.6. The summed E-state index contributed by atoms with van der Waals surface area (Å²) in [6, 6.07) is 2.78. The SMILES string of the molecule is CCC(C)NC(=O)c1cc(=O)cc[nH]1.